The van der Waals surface area contributed by atoms with Crippen LogP contribution in [0.3, 0.4) is 0 Å². The lowest BCUT2D eigenvalue weighted by molar-refractivity contribution is -0.131. The first-order chi connectivity index (χ1) is 15.6. The molecule has 2 aromatic rings. The highest BCUT2D eigenvalue weighted by atomic mass is 16.5. The van der Waals surface area contributed by atoms with Crippen LogP contribution in [0.1, 0.15) is 49.1 Å². The lowest BCUT2D eigenvalue weighted by atomic mass is 9.98. The lowest BCUT2D eigenvalue weighted by Gasteiger charge is -2.19. The normalized spacial score (nSPS) is 18.8. The van der Waals surface area contributed by atoms with Gasteiger partial charge in [0.2, 0.25) is 11.8 Å². The molecule has 7 nitrogen and oxygen atoms in total. The topological polar surface area (TPSA) is 93.9 Å². The first kappa shape index (κ1) is 22.1. The summed E-state index contributed by atoms with van der Waals surface area (Å²) in [5, 5.41) is 2.86. The van der Waals surface area contributed by atoms with Crippen molar-refractivity contribution >= 4 is 17.5 Å². The van der Waals surface area contributed by atoms with Crippen LogP contribution in [0.25, 0.3) is 0 Å². The van der Waals surface area contributed by atoms with E-state index >= 15 is 0 Å². The number of likely N-dealkylation sites (tertiary alicyclic amines) is 1. The molecule has 1 saturated carbocycles. The molecule has 0 radical (unpaired) electrons. The molecule has 1 aliphatic carbocycles. The summed E-state index contributed by atoms with van der Waals surface area (Å²) in [6, 6.07) is 13.3. The van der Waals surface area contributed by atoms with Crippen LogP contribution in [0.15, 0.2) is 42.5 Å². The molecule has 1 unspecified atom stereocenters. The summed E-state index contributed by atoms with van der Waals surface area (Å²) >= 11 is 0. The van der Waals surface area contributed by atoms with Crippen LogP contribution in [-0.4, -0.2) is 43.0 Å². The molecule has 32 heavy (non-hydrogen) atoms. The van der Waals surface area contributed by atoms with E-state index in [9.17, 15) is 9.59 Å². The Hall–Kier alpha value is -3.06. The van der Waals surface area contributed by atoms with E-state index in [0.717, 1.165) is 29.7 Å². The van der Waals surface area contributed by atoms with Crippen molar-refractivity contribution in [2.75, 3.05) is 25.5 Å². The standard InChI is InChI=1S/C25H31N3O4/c1-31-22-10-9-18(12-23(22)32-21-7-2-3-8-21)19-13-25(30)28(15-19)16-24(29)27-20-6-4-5-17(11-20)14-26/h4-6,9-12,19,21H,2-3,7-8,13-16,26H2,1H3,(H,27,29). The van der Waals surface area contributed by atoms with Gasteiger partial charge in [-0.05, 0) is 61.1 Å². The van der Waals surface area contributed by atoms with E-state index in [1.54, 1.807) is 12.0 Å². The molecule has 1 heterocycles. The molecular weight excluding hydrogens is 406 g/mol. The third kappa shape index (κ3) is 5.22. The zero-order valence-corrected chi connectivity index (χ0v) is 18.5. The number of nitrogens with one attached hydrogen (secondary N) is 1. The average Bonchev–Trinajstić information content (AvgIpc) is 3.43. The number of carbonyl (C=O) groups excluding carboxylic acids is 2. The first-order valence-corrected chi connectivity index (χ1v) is 11.3. The summed E-state index contributed by atoms with van der Waals surface area (Å²) in [5.41, 5.74) is 8.32. The molecule has 0 aromatic heterocycles. The molecule has 2 amide bonds. The zero-order chi connectivity index (χ0) is 22.5. The van der Waals surface area contributed by atoms with E-state index in [-0.39, 0.29) is 30.4 Å². The van der Waals surface area contributed by atoms with E-state index in [2.05, 4.69) is 5.32 Å². The predicted molar refractivity (Wildman–Crippen MR) is 123 cm³/mol. The Bertz CT molecular complexity index is 971. The number of ether oxygens (including phenoxy) is 2. The smallest absolute Gasteiger partial charge is 0.243 e. The summed E-state index contributed by atoms with van der Waals surface area (Å²) in [6.45, 7) is 0.943. The van der Waals surface area contributed by atoms with Crippen LogP contribution in [-0.2, 0) is 16.1 Å². The fourth-order valence-electron chi connectivity index (χ4n) is 4.52. The molecule has 2 fully saturated rings. The monoisotopic (exact) mass is 437 g/mol. The number of nitrogens with zero attached hydrogens (tertiary/aromatic N) is 1. The maximum Gasteiger partial charge on any atom is 0.243 e. The van der Waals surface area contributed by atoms with Gasteiger partial charge in [-0.15, -0.1) is 0 Å². The number of hydrogen-bond donors (Lipinski definition) is 2. The van der Waals surface area contributed by atoms with E-state index in [1.165, 1.54) is 12.8 Å². The van der Waals surface area contributed by atoms with Gasteiger partial charge in [0.05, 0.1) is 19.8 Å². The fraction of sp³-hybridized carbons (Fsp3) is 0.440. The molecule has 3 N–H and O–H groups in total. The van der Waals surface area contributed by atoms with Gasteiger partial charge in [-0.1, -0.05) is 18.2 Å². The maximum atomic E-state index is 12.6. The SMILES string of the molecule is COc1ccc(C2CC(=O)N(CC(=O)Nc3cccc(CN)c3)C2)cc1OC1CCCC1. The highest BCUT2D eigenvalue weighted by Crippen LogP contribution is 2.37. The Morgan fingerprint density at radius 1 is 1.16 bits per heavy atom. The molecule has 1 aliphatic heterocycles. The Kier molecular flexibility index (Phi) is 6.95. The second-order valence-corrected chi connectivity index (χ2v) is 8.56. The molecule has 1 atom stereocenters. The Morgan fingerprint density at radius 3 is 2.72 bits per heavy atom. The molecule has 0 spiro atoms. The predicted octanol–water partition coefficient (Wildman–Crippen LogP) is 3.43. The summed E-state index contributed by atoms with van der Waals surface area (Å²) in [7, 11) is 1.64. The molecule has 2 aliphatic rings. The molecule has 4 rings (SSSR count). The number of benzene rings is 2. The van der Waals surface area contributed by atoms with Crippen LogP contribution in [0.4, 0.5) is 5.69 Å². The lowest BCUT2D eigenvalue weighted by Crippen LogP contribution is -2.34. The Labute approximate surface area is 188 Å². The number of nitrogens with two attached hydrogens (primary N) is 1. The van der Waals surface area contributed by atoms with Crippen LogP contribution in [0, 0.1) is 0 Å². The van der Waals surface area contributed by atoms with E-state index in [1.807, 2.05) is 42.5 Å². The van der Waals surface area contributed by atoms with Gasteiger partial charge in [0, 0.05) is 31.1 Å². The van der Waals surface area contributed by atoms with Gasteiger partial charge < -0.3 is 25.4 Å². The van der Waals surface area contributed by atoms with Crippen molar-refractivity contribution in [3.63, 3.8) is 0 Å². The van der Waals surface area contributed by atoms with E-state index < -0.39 is 0 Å². The zero-order valence-electron chi connectivity index (χ0n) is 18.5. The Morgan fingerprint density at radius 2 is 1.97 bits per heavy atom. The first-order valence-electron chi connectivity index (χ1n) is 11.3. The number of amides is 2. The van der Waals surface area contributed by atoms with Crippen molar-refractivity contribution in [3.8, 4) is 11.5 Å². The average molecular weight is 438 g/mol. The molecule has 2 aromatic carbocycles. The quantitative estimate of drug-likeness (QED) is 0.660. The van der Waals surface area contributed by atoms with Crippen LogP contribution >= 0.6 is 0 Å². The molecule has 1 saturated heterocycles. The minimum absolute atomic E-state index is 0.0186. The van der Waals surface area contributed by atoms with E-state index in [0.29, 0.717) is 30.9 Å². The fourth-order valence-corrected chi connectivity index (χ4v) is 4.52. The van der Waals surface area contributed by atoms with Gasteiger partial charge in [-0.3, -0.25) is 9.59 Å². The molecular formula is C25H31N3O4. The van der Waals surface area contributed by atoms with Crippen LogP contribution in [0.5, 0.6) is 11.5 Å². The largest absolute Gasteiger partial charge is 0.493 e. The van der Waals surface area contributed by atoms with Crippen LogP contribution in [0.2, 0.25) is 0 Å². The molecule has 7 heteroatoms. The highest BCUT2D eigenvalue weighted by Gasteiger charge is 2.32. The van der Waals surface area contributed by atoms with Crippen molar-refractivity contribution in [1.82, 2.24) is 4.90 Å². The Balaban J connectivity index is 1.39. The highest BCUT2D eigenvalue weighted by molar-refractivity contribution is 5.95. The van der Waals surface area contributed by atoms with Gasteiger partial charge in [0.25, 0.3) is 0 Å². The maximum absolute atomic E-state index is 12.6. The minimum Gasteiger partial charge on any atom is -0.493 e. The molecule has 170 valence electrons. The van der Waals surface area contributed by atoms with Gasteiger partial charge in [0.15, 0.2) is 11.5 Å². The third-order valence-corrected chi connectivity index (χ3v) is 6.25. The minimum atomic E-state index is -0.215. The number of methoxy groups -OCH3 is 1. The van der Waals surface area contributed by atoms with E-state index in [4.69, 9.17) is 15.2 Å². The second-order valence-electron chi connectivity index (χ2n) is 8.56. The van der Waals surface area contributed by atoms with Gasteiger partial charge >= 0.3 is 0 Å². The summed E-state index contributed by atoms with van der Waals surface area (Å²) in [6.07, 6.45) is 5.11. The van der Waals surface area contributed by atoms with Crippen molar-refractivity contribution in [2.24, 2.45) is 5.73 Å². The summed E-state index contributed by atoms with van der Waals surface area (Å²) in [5.74, 6) is 1.23. The van der Waals surface area contributed by atoms with Gasteiger partial charge in [-0.25, -0.2) is 0 Å². The third-order valence-electron chi connectivity index (χ3n) is 6.25. The number of rotatable bonds is 8. The second kappa shape index (κ2) is 10.0. The number of carbonyl (C=O) groups is 2. The van der Waals surface area contributed by atoms with Crippen molar-refractivity contribution in [1.29, 1.82) is 0 Å². The van der Waals surface area contributed by atoms with Crippen molar-refractivity contribution in [3.05, 3.63) is 53.6 Å². The van der Waals surface area contributed by atoms with Crippen molar-refractivity contribution in [2.45, 2.75) is 50.7 Å². The summed E-state index contributed by atoms with van der Waals surface area (Å²) < 4.78 is 11.7. The van der Waals surface area contributed by atoms with Gasteiger partial charge in [-0.2, -0.15) is 0 Å². The summed E-state index contributed by atoms with van der Waals surface area (Å²) in [4.78, 5) is 26.7. The molecule has 0 bridgehead atoms. The van der Waals surface area contributed by atoms with Gasteiger partial charge in [0.1, 0.15) is 0 Å². The van der Waals surface area contributed by atoms with Crippen LogP contribution < -0.4 is 20.5 Å². The number of hydrogen-bond acceptors (Lipinski definition) is 5. The number of anilines is 1. The van der Waals surface area contributed by atoms with Crippen molar-refractivity contribution < 1.29 is 19.1 Å².